The van der Waals surface area contributed by atoms with E-state index in [2.05, 4.69) is 15.0 Å². The minimum absolute atomic E-state index is 0.0407. The van der Waals surface area contributed by atoms with Gasteiger partial charge in [-0.05, 0) is 30.3 Å². The molecule has 2 rings (SSSR count). The number of aromatic carboxylic acids is 1. The maximum Gasteiger partial charge on any atom is 0.387 e. The number of ether oxygens (including phenoxy) is 1. The lowest BCUT2D eigenvalue weighted by Gasteiger charge is -2.09. The highest BCUT2D eigenvalue weighted by molar-refractivity contribution is 5.93. The monoisotopic (exact) mass is 298 g/mol. The fourth-order valence-electron chi connectivity index (χ4n) is 1.56. The summed E-state index contributed by atoms with van der Waals surface area (Å²) in [5.74, 6) is -2.23. The summed E-state index contributed by atoms with van der Waals surface area (Å²) in [5.41, 5.74) is 0.0427. The van der Waals surface area contributed by atoms with Gasteiger partial charge in [0.25, 0.3) is 0 Å². The number of alkyl halides is 2. The van der Waals surface area contributed by atoms with E-state index in [-0.39, 0.29) is 17.1 Å². The van der Waals surface area contributed by atoms with Gasteiger partial charge >= 0.3 is 12.6 Å². The van der Waals surface area contributed by atoms with Crippen LogP contribution >= 0.6 is 0 Å². The maximum absolute atomic E-state index is 13.0. The van der Waals surface area contributed by atoms with Crippen molar-refractivity contribution in [3.63, 3.8) is 0 Å². The number of carboxylic acid groups (broad SMARTS) is 1. The van der Waals surface area contributed by atoms with Crippen molar-refractivity contribution in [2.45, 2.75) is 6.61 Å². The van der Waals surface area contributed by atoms with E-state index in [1.807, 2.05) is 0 Å². The largest absolute Gasteiger partial charge is 0.478 e. The molecule has 0 bridgehead atoms. The summed E-state index contributed by atoms with van der Waals surface area (Å²) in [6.07, 6.45) is 0.864. The number of hydrogen-bond donors (Lipinski definition) is 2. The number of pyridine rings is 1. The SMILES string of the molecule is O=C(O)c1cc(F)cnc1Nc1ccc(OC(F)F)cc1. The normalized spacial score (nSPS) is 10.5. The Kier molecular flexibility index (Phi) is 4.27. The molecule has 0 aliphatic carbocycles. The van der Waals surface area contributed by atoms with Gasteiger partial charge in [-0.2, -0.15) is 8.78 Å². The van der Waals surface area contributed by atoms with Gasteiger partial charge in [0, 0.05) is 5.69 Å². The minimum atomic E-state index is -2.93. The molecule has 0 atom stereocenters. The third-order valence-corrected chi connectivity index (χ3v) is 2.43. The molecule has 0 amide bonds. The van der Waals surface area contributed by atoms with Crippen molar-refractivity contribution in [1.29, 1.82) is 0 Å². The molecule has 0 spiro atoms. The van der Waals surface area contributed by atoms with Crippen LogP contribution in [0.5, 0.6) is 5.75 Å². The molecule has 0 saturated carbocycles. The van der Waals surface area contributed by atoms with Gasteiger partial charge in [0.1, 0.15) is 22.9 Å². The van der Waals surface area contributed by atoms with E-state index in [4.69, 9.17) is 5.11 Å². The quantitative estimate of drug-likeness (QED) is 0.886. The van der Waals surface area contributed by atoms with Crippen LogP contribution in [0, 0.1) is 5.82 Å². The molecule has 1 aromatic carbocycles. The molecule has 8 heteroatoms. The van der Waals surface area contributed by atoms with Crippen molar-refractivity contribution >= 4 is 17.5 Å². The number of nitrogens with zero attached hydrogens (tertiary/aromatic N) is 1. The molecule has 0 saturated heterocycles. The van der Waals surface area contributed by atoms with Crippen LogP contribution in [-0.2, 0) is 0 Å². The Labute approximate surface area is 117 Å². The smallest absolute Gasteiger partial charge is 0.387 e. The Balaban J connectivity index is 2.20. The maximum atomic E-state index is 13.0. The average Bonchev–Trinajstić information content (AvgIpc) is 2.42. The number of rotatable bonds is 5. The number of carboxylic acids is 1. The van der Waals surface area contributed by atoms with Gasteiger partial charge < -0.3 is 15.2 Å². The van der Waals surface area contributed by atoms with E-state index in [1.54, 1.807) is 0 Å². The van der Waals surface area contributed by atoms with Gasteiger partial charge in [0.05, 0.1) is 6.20 Å². The third-order valence-electron chi connectivity index (χ3n) is 2.43. The lowest BCUT2D eigenvalue weighted by Crippen LogP contribution is -2.06. The topological polar surface area (TPSA) is 71.5 Å². The van der Waals surface area contributed by atoms with E-state index >= 15 is 0 Å². The van der Waals surface area contributed by atoms with E-state index in [1.165, 1.54) is 24.3 Å². The molecular weight excluding hydrogens is 289 g/mol. The Bertz CT molecular complexity index is 648. The van der Waals surface area contributed by atoms with Crippen molar-refractivity contribution in [2.24, 2.45) is 0 Å². The van der Waals surface area contributed by atoms with Crippen LogP contribution in [0.2, 0.25) is 0 Å². The lowest BCUT2D eigenvalue weighted by atomic mass is 10.2. The number of benzene rings is 1. The van der Waals surface area contributed by atoms with Crippen LogP contribution in [0.3, 0.4) is 0 Å². The minimum Gasteiger partial charge on any atom is -0.478 e. The highest BCUT2D eigenvalue weighted by Crippen LogP contribution is 2.22. The van der Waals surface area contributed by atoms with Crippen molar-refractivity contribution in [3.8, 4) is 5.75 Å². The Morgan fingerprint density at radius 1 is 1.29 bits per heavy atom. The van der Waals surface area contributed by atoms with Gasteiger partial charge in [0.15, 0.2) is 0 Å². The molecule has 0 radical (unpaired) electrons. The molecule has 1 aromatic heterocycles. The molecular formula is C13H9F3N2O3. The predicted octanol–water partition coefficient (Wildman–Crippen LogP) is 3.26. The van der Waals surface area contributed by atoms with Crippen LogP contribution in [-0.4, -0.2) is 22.7 Å². The summed E-state index contributed by atoms with van der Waals surface area (Å²) in [7, 11) is 0. The number of aromatic nitrogens is 1. The molecule has 21 heavy (non-hydrogen) atoms. The first kappa shape index (κ1) is 14.6. The molecule has 0 aliphatic heterocycles. The standard InChI is InChI=1S/C13H9F3N2O3/c14-7-5-10(12(19)20)11(17-6-7)18-8-1-3-9(4-2-8)21-13(15)16/h1-6,13H,(H,17,18)(H,19,20). The van der Waals surface area contributed by atoms with Crippen molar-refractivity contribution in [3.05, 3.63) is 47.9 Å². The first-order chi connectivity index (χ1) is 9.95. The van der Waals surface area contributed by atoms with Gasteiger partial charge in [-0.1, -0.05) is 0 Å². The first-order valence-corrected chi connectivity index (χ1v) is 5.66. The van der Waals surface area contributed by atoms with E-state index in [9.17, 15) is 18.0 Å². The summed E-state index contributed by atoms with van der Waals surface area (Å²) in [4.78, 5) is 14.6. The Hall–Kier alpha value is -2.77. The second-order valence-electron chi connectivity index (χ2n) is 3.88. The molecule has 5 nitrogen and oxygen atoms in total. The van der Waals surface area contributed by atoms with Crippen molar-refractivity contribution in [1.82, 2.24) is 4.98 Å². The number of halogens is 3. The fourth-order valence-corrected chi connectivity index (χ4v) is 1.56. The molecule has 1 heterocycles. The molecule has 0 aliphatic rings. The molecule has 0 unspecified atom stereocenters. The first-order valence-electron chi connectivity index (χ1n) is 5.66. The zero-order valence-electron chi connectivity index (χ0n) is 10.4. The molecule has 110 valence electrons. The molecule has 2 N–H and O–H groups in total. The zero-order chi connectivity index (χ0) is 15.4. The highest BCUT2D eigenvalue weighted by atomic mass is 19.3. The van der Waals surface area contributed by atoms with Gasteiger partial charge in [0.2, 0.25) is 0 Å². The van der Waals surface area contributed by atoms with Crippen LogP contribution in [0.15, 0.2) is 36.5 Å². The summed E-state index contributed by atoms with van der Waals surface area (Å²) >= 11 is 0. The van der Waals surface area contributed by atoms with Crippen LogP contribution in [0.4, 0.5) is 24.7 Å². The van der Waals surface area contributed by atoms with E-state index in [0.29, 0.717) is 5.69 Å². The van der Waals surface area contributed by atoms with E-state index in [0.717, 1.165) is 12.3 Å². The summed E-state index contributed by atoms with van der Waals surface area (Å²) in [5, 5.41) is 11.6. The van der Waals surface area contributed by atoms with Crippen molar-refractivity contribution in [2.75, 3.05) is 5.32 Å². The van der Waals surface area contributed by atoms with Crippen LogP contribution in [0.25, 0.3) is 0 Å². The molecule has 2 aromatic rings. The Morgan fingerprint density at radius 2 is 1.95 bits per heavy atom. The zero-order valence-corrected chi connectivity index (χ0v) is 10.4. The number of hydrogen-bond acceptors (Lipinski definition) is 4. The summed E-state index contributed by atoms with van der Waals surface area (Å²) in [6, 6.07) is 6.17. The Morgan fingerprint density at radius 3 is 2.52 bits per heavy atom. The van der Waals surface area contributed by atoms with Crippen LogP contribution in [0.1, 0.15) is 10.4 Å². The van der Waals surface area contributed by atoms with Gasteiger partial charge in [-0.3, -0.25) is 0 Å². The number of carbonyl (C=O) groups is 1. The molecule has 0 fully saturated rings. The fraction of sp³-hybridized carbons (Fsp3) is 0.0769. The summed E-state index contributed by atoms with van der Waals surface area (Å²) in [6.45, 7) is -2.93. The predicted molar refractivity (Wildman–Crippen MR) is 67.5 cm³/mol. The van der Waals surface area contributed by atoms with E-state index < -0.39 is 18.4 Å². The number of nitrogens with one attached hydrogen (secondary N) is 1. The lowest BCUT2D eigenvalue weighted by molar-refractivity contribution is -0.0498. The second kappa shape index (κ2) is 6.12. The summed E-state index contributed by atoms with van der Waals surface area (Å²) < 4.78 is 41.2. The second-order valence-corrected chi connectivity index (χ2v) is 3.88. The van der Waals surface area contributed by atoms with Gasteiger partial charge in [-0.25, -0.2) is 14.2 Å². The van der Waals surface area contributed by atoms with Gasteiger partial charge in [-0.15, -0.1) is 0 Å². The third kappa shape index (κ3) is 3.85. The average molecular weight is 298 g/mol. The van der Waals surface area contributed by atoms with Crippen molar-refractivity contribution < 1.29 is 27.8 Å². The van der Waals surface area contributed by atoms with Crippen LogP contribution < -0.4 is 10.1 Å². The number of anilines is 2. The highest BCUT2D eigenvalue weighted by Gasteiger charge is 2.13.